The van der Waals surface area contributed by atoms with Crippen LogP contribution in [0.1, 0.15) is 16.8 Å². The number of anilines is 3. The Bertz CT molecular complexity index is 1140. The Morgan fingerprint density at radius 1 is 1.00 bits per heavy atom. The summed E-state index contributed by atoms with van der Waals surface area (Å²) in [4.78, 5) is 43.4. The number of nitrogens with one attached hydrogen (secondary N) is 2. The summed E-state index contributed by atoms with van der Waals surface area (Å²) >= 11 is 3.45. The van der Waals surface area contributed by atoms with E-state index in [0.717, 1.165) is 10.2 Å². The van der Waals surface area contributed by atoms with E-state index in [1.807, 2.05) is 24.3 Å². The highest BCUT2D eigenvalue weighted by Gasteiger charge is 2.35. The quantitative estimate of drug-likeness (QED) is 0.577. The van der Waals surface area contributed by atoms with Crippen molar-refractivity contribution in [2.24, 2.45) is 5.92 Å². The Balaban J connectivity index is 1.42. The fourth-order valence-electron chi connectivity index (χ4n) is 3.39. The number of carbonyl (C=O) groups excluding carboxylic acids is 3. The van der Waals surface area contributed by atoms with Crippen molar-refractivity contribution in [1.29, 1.82) is 0 Å². The topological polar surface area (TPSA) is 91.4 Å². The molecule has 1 saturated heterocycles. The molecule has 0 aliphatic carbocycles. The van der Waals surface area contributed by atoms with Gasteiger partial charge in [-0.1, -0.05) is 24.3 Å². The summed E-state index contributed by atoms with van der Waals surface area (Å²) in [5.41, 5.74) is 1.63. The number of para-hydroxylation sites is 1. The molecule has 1 fully saturated rings. The highest BCUT2D eigenvalue weighted by atomic mass is 79.9. The van der Waals surface area contributed by atoms with Gasteiger partial charge in [0.2, 0.25) is 11.8 Å². The highest BCUT2D eigenvalue weighted by Crippen LogP contribution is 2.31. The number of pyridine rings is 1. The predicted octanol–water partition coefficient (Wildman–Crippen LogP) is 4.09. The predicted molar refractivity (Wildman–Crippen MR) is 122 cm³/mol. The SMILES string of the molecule is O=C(Nc1ccccn1)c1cccc(NC(=O)C2CC(=O)N(c3ccccc3Br)C2)c1. The molecule has 2 heterocycles. The lowest BCUT2D eigenvalue weighted by atomic mass is 10.1. The smallest absolute Gasteiger partial charge is 0.256 e. The van der Waals surface area contributed by atoms with Crippen LogP contribution >= 0.6 is 15.9 Å². The number of halogens is 1. The summed E-state index contributed by atoms with van der Waals surface area (Å²) in [5.74, 6) is -0.726. The molecule has 0 bridgehead atoms. The van der Waals surface area contributed by atoms with Crippen LogP contribution in [0.3, 0.4) is 0 Å². The molecule has 1 unspecified atom stereocenters. The van der Waals surface area contributed by atoms with Gasteiger partial charge < -0.3 is 15.5 Å². The van der Waals surface area contributed by atoms with Crippen LogP contribution in [-0.2, 0) is 9.59 Å². The van der Waals surface area contributed by atoms with Crippen LogP contribution in [0, 0.1) is 5.92 Å². The molecule has 4 rings (SSSR count). The van der Waals surface area contributed by atoms with E-state index in [-0.39, 0.29) is 24.1 Å². The molecule has 1 aliphatic heterocycles. The fourth-order valence-corrected chi connectivity index (χ4v) is 3.89. The Hall–Kier alpha value is -3.52. The number of aromatic nitrogens is 1. The van der Waals surface area contributed by atoms with Gasteiger partial charge in [-0.25, -0.2) is 4.98 Å². The van der Waals surface area contributed by atoms with Crippen LogP contribution in [-0.4, -0.2) is 29.3 Å². The second kappa shape index (κ2) is 9.09. The molecule has 31 heavy (non-hydrogen) atoms. The molecule has 156 valence electrons. The first-order valence-electron chi connectivity index (χ1n) is 9.69. The summed E-state index contributed by atoms with van der Waals surface area (Å²) in [6.45, 7) is 0.299. The van der Waals surface area contributed by atoms with E-state index >= 15 is 0 Å². The van der Waals surface area contributed by atoms with E-state index in [4.69, 9.17) is 0 Å². The van der Waals surface area contributed by atoms with Gasteiger partial charge in [-0.15, -0.1) is 0 Å². The Labute approximate surface area is 187 Å². The third-order valence-corrected chi connectivity index (χ3v) is 5.61. The number of carbonyl (C=O) groups is 3. The van der Waals surface area contributed by atoms with Gasteiger partial charge in [-0.05, 0) is 58.4 Å². The molecular formula is C23H19BrN4O3. The van der Waals surface area contributed by atoms with Crippen LogP contribution in [0.25, 0.3) is 0 Å². The van der Waals surface area contributed by atoms with Gasteiger partial charge >= 0.3 is 0 Å². The average Bonchev–Trinajstić information content (AvgIpc) is 3.16. The minimum Gasteiger partial charge on any atom is -0.326 e. The van der Waals surface area contributed by atoms with Crippen LogP contribution in [0.5, 0.6) is 0 Å². The number of nitrogens with zero attached hydrogens (tertiary/aromatic N) is 2. The van der Waals surface area contributed by atoms with Gasteiger partial charge in [-0.2, -0.15) is 0 Å². The number of hydrogen-bond acceptors (Lipinski definition) is 4. The maximum Gasteiger partial charge on any atom is 0.256 e. The molecule has 0 radical (unpaired) electrons. The standard InChI is InChI=1S/C23H19BrN4O3/c24-18-8-1-2-9-19(18)28-14-16(13-21(28)29)23(31)26-17-7-5-6-15(12-17)22(30)27-20-10-3-4-11-25-20/h1-12,16H,13-14H2,(H,26,31)(H,25,27,30). The second-order valence-electron chi connectivity index (χ2n) is 7.10. The van der Waals surface area contributed by atoms with Crippen molar-refractivity contribution in [2.45, 2.75) is 6.42 Å². The summed E-state index contributed by atoms with van der Waals surface area (Å²) in [6, 6.07) is 19.3. The molecular weight excluding hydrogens is 460 g/mol. The minimum absolute atomic E-state index is 0.101. The van der Waals surface area contributed by atoms with E-state index in [1.165, 1.54) is 0 Å². The van der Waals surface area contributed by atoms with Crippen molar-refractivity contribution < 1.29 is 14.4 Å². The molecule has 1 aliphatic rings. The van der Waals surface area contributed by atoms with Crippen LogP contribution in [0.4, 0.5) is 17.2 Å². The Morgan fingerprint density at radius 2 is 1.81 bits per heavy atom. The first-order valence-corrected chi connectivity index (χ1v) is 10.5. The molecule has 1 atom stereocenters. The van der Waals surface area contributed by atoms with Gasteiger partial charge in [-0.3, -0.25) is 14.4 Å². The van der Waals surface area contributed by atoms with Gasteiger partial charge in [0.15, 0.2) is 0 Å². The number of benzene rings is 2. The fraction of sp³-hybridized carbons (Fsp3) is 0.130. The Kier molecular flexibility index (Phi) is 6.08. The second-order valence-corrected chi connectivity index (χ2v) is 7.95. The monoisotopic (exact) mass is 478 g/mol. The zero-order valence-corrected chi connectivity index (χ0v) is 18.0. The van der Waals surface area contributed by atoms with E-state index in [1.54, 1.807) is 53.6 Å². The van der Waals surface area contributed by atoms with Gasteiger partial charge in [0.1, 0.15) is 5.82 Å². The zero-order chi connectivity index (χ0) is 21.8. The van der Waals surface area contributed by atoms with E-state index < -0.39 is 5.92 Å². The van der Waals surface area contributed by atoms with Crippen LogP contribution in [0.2, 0.25) is 0 Å². The molecule has 1 aromatic heterocycles. The number of hydrogen-bond donors (Lipinski definition) is 2. The van der Waals surface area contributed by atoms with E-state index in [0.29, 0.717) is 23.6 Å². The molecule has 3 aromatic rings. The molecule has 2 aromatic carbocycles. The normalized spacial score (nSPS) is 15.6. The van der Waals surface area contributed by atoms with Gasteiger partial charge in [0.05, 0.1) is 11.6 Å². The molecule has 2 N–H and O–H groups in total. The summed E-state index contributed by atoms with van der Waals surface area (Å²) < 4.78 is 0.802. The van der Waals surface area contributed by atoms with Crippen molar-refractivity contribution >= 4 is 50.8 Å². The summed E-state index contributed by atoms with van der Waals surface area (Å²) in [5, 5.41) is 5.54. The highest BCUT2D eigenvalue weighted by molar-refractivity contribution is 9.10. The summed E-state index contributed by atoms with van der Waals surface area (Å²) in [7, 11) is 0. The van der Waals surface area contributed by atoms with Crippen molar-refractivity contribution in [3.8, 4) is 0 Å². The third-order valence-electron chi connectivity index (χ3n) is 4.94. The summed E-state index contributed by atoms with van der Waals surface area (Å²) in [6.07, 6.45) is 1.72. The van der Waals surface area contributed by atoms with Gasteiger partial charge in [0, 0.05) is 34.9 Å². The number of rotatable bonds is 5. The lowest BCUT2D eigenvalue weighted by molar-refractivity contribution is -0.122. The molecule has 7 nitrogen and oxygen atoms in total. The molecule has 8 heteroatoms. The van der Waals surface area contributed by atoms with Crippen LogP contribution in [0.15, 0.2) is 77.4 Å². The third kappa shape index (κ3) is 4.80. The largest absolute Gasteiger partial charge is 0.326 e. The average molecular weight is 479 g/mol. The zero-order valence-electron chi connectivity index (χ0n) is 16.4. The Morgan fingerprint density at radius 3 is 2.58 bits per heavy atom. The van der Waals surface area contributed by atoms with Crippen LogP contribution < -0.4 is 15.5 Å². The lowest BCUT2D eigenvalue weighted by Crippen LogP contribution is -2.28. The van der Waals surface area contributed by atoms with E-state index in [2.05, 4.69) is 31.5 Å². The first-order chi connectivity index (χ1) is 15.0. The maximum absolute atomic E-state index is 12.8. The van der Waals surface area contributed by atoms with Crippen molar-refractivity contribution in [3.05, 3.63) is 83.0 Å². The van der Waals surface area contributed by atoms with Gasteiger partial charge in [0.25, 0.3) is 5.91 Å². The first kappa shape index (κ1) is 20.7. The lowest BCUT2D eigenvalue weighted by Gasteiger charge is -2.18. The maximum atomic E-state index is 12.8. The van der Waals surface area contributed by atoms with Crippen molar-refractivity contribution in [3.63, 3.8) is 0 Å². The molecule has 3 amide bonds. The van der Waals surface area contributed by atoms with Crippen molar-refractivity contribution in [2.75, 3.05) is 22.1 Å². The molecule has 0 saturated carbocycles. The van der Waals surface area contributed by atoms with E-state index in [9.17, 15) is 14.4 Å². The minimum atomic E-state index is -0.481. The van der Waals surface area contributed by atoms with Crippen molar-refractivity contribution in [1.82, 2.24) is 4.98 Å². The number of amides is 3. The molecule has 0 spiro atoms.